The summed E-state index contributed by atoms with van der Waals surface area (Å²) >= 11 is 0. The van der Waals surface area contributed by atoms with Crippen LogP contribution >= 0.6 is 12.4 Å². The van der Waals surface area contributed by atoms with E-state index in [1.165, 1.54) is 12.1 Å². The highest BCUT2D eigenvalue weighted by Crippen LogP contribution is 2.30. The fourth-order valence-corrected chi connectivity index (χ4v) is 1.75. The highest BCUT2D eigenvalue weighted by atomic mass is 35.5. The Hall–Kier alpha value is -0.780. The van der Waals surface area contributed by atoms with Gasteiger partial charge in [-0.3, -0.25) is 0 Å². The standard InChI is InChI=1S/C13H18F3NO.ClH/c1-8(2)7-11(18)12(17)9-3-5-10(6-4-9)13(14,15)16;/h3-6,8,11-12,18H,7,17H2,1-2H3;1H/t11-,12+;/m1./s1. The molecule has 0 bridgehead atoms. The quantitative estimate of drug-likeness (QED) is 0.893. The van der Waals surface area contributed by atoms with Crippen molar-refractivity contribution in [3.8, 4) is 0 Å². The normalized spacial score (nSPS) is 14.9. The lowest BCUT2D eigenvalue weighted by molar-refractivity contribution is -0.137. The van der Waals surface area contributed by atoms with Crippen LogP contribution < -0.4 is 5.73 Å². The molecule has 110 valence electrons. The summed E-state index contributed by atoms with van der Waals surface area (Å²) in [5.41, 5.74) is 5.61. The summed E-state index contributed by atoms with van der Waals surface area (Å²) < 4.78 is 37.1. The van der Waals surface area contributed by atoms with E-state index in [1.54, 1.807) is 0 Å². The number of rotatable bonds is 4. The third-order valence-electron chi connectivity index (χ3n) is 2.75. The summed E-state index contributed by atoms with van der Waals surface area (Å²) in [7, 11) is 0. The number of aliphatic hydroxyl groups is 1. The van der Waals surface area contributed by atoms with Crippen molar-refractivity contribution in [3.63, 3.8) is 0 Å². The van der Waals surface area contributed by atoms with Gasteiger partial charge in [0.25, 0.3) is 0 Å². The summed E-state index contributed by atoms with van der Waals surface area (Å²) in [6.07, 6.45) is -4.58. The van der Waals surface area contributed by atoms with Crippen LogP contribution in [0.15, 0.2) is 24.3 Å². The summed E-state index contributed by atoms with van der Waals surface area (Å²) in [5, 5.41) is 9.82. The molecule has 0 amide bonds. The molecule has 3 N–H and O–H groups in total. The van der Waals surface area contributed by atoms with Gasteiger partial charge in [0, 0.05) is 0 Å². The fourth-order valence-electron chi connectivity index (χ4n) is 1.75. The number of halogens is 4. The van der Waals surface area contributed by atoms with Gasteiger partial charge in [0.15, 0.2) is 0 Å². The van der Waals surface area contributed by atoms with E-state index in [2.05, 4.69) is 0 Å². The van der Waals surface area contributed by atoms with Crippen molar-refractivity contribution in [2.75, 3.05) is 0 Å². The summed E-state index contributed by atoms with van der Waals surface area (Å²) in [6, 6.07) is 3.94. The third-order valence-corrected chi connectivity index (χ3v) is 2.75. The minimum Gasteiger partial charge on any atom is -0.391 e. The highest BCUT2D eigenvalue weighted by Gasteiger charge is 2.30. The van der Waals surface area contributed by atoms with Crippen LogP contribution in [0.5, 0.6) is 0 Å². The Morgan fingerprint density at radius 2 is 1.63 bits per heavy atom. The molecule has 0 unspecified atom stereocenters. The van der Waals surface area contributed by atoms with E-state index in [9.17, 15) is 18.3 Å². The Morgan fingerprint density at radius 1 is 1.16 bits per heavy atom. The topological polar surface area (TPSA) is 46.2 Å². The van der Waals surface area contributed by atoms with Gasteiger partial charge in [0.05, 0.1) is 17.7 Å². The van der Waals surface area contributed by atoms with Crippen molar-refractivity contribution in [2.45, 2.75) is 38.6 Å². The molecule has 6 heteroatoms. The van der Waals surface area contributed by atoms with E-state index in [0.29, 0.717) is 12.0 Å². The molecule has 0 spiro atoms. The Bertz CT molecular complexity index is 378. The molecule has 0 fully saturated rings. The molecule has 0 aliphatic carbocycles. The summed E-state index contributed by atoms with van der Waals surface area (Å²) in [5.74, 6) is 0.278. The zero-order valence-electron chi connectivity index (χ0n) is 10.8. The third kappa shape index (κ3) is 5.38. The van der Waals surface area contributed by atoms with Gasteiger partial charge in [-0.1, -0.05) is 26.0 Å². The average Bonchev–Trinajstić information content (AvgIpc) is 2.26. The van der Waals surface area contributed by atoms with Crippen LogP contribution in [-0.2, 0) is 6.18 Å². The molecule has 0 saturated heterocycles. The Labute approximate surface area is 117 Å². The molecule has 2 atom stereocenters. The second-order valence-corrected chi connectivity index (χ2v) is 4.84. The van der Waals surface area contributed by atoms with Gasteiger partial charge in [0.2, 0.25) is 0 Å². The highest BCUT2D eigenvalue weighted by molar-refractivity contribution is 5.85. The van der Waals surface area contributed by atoms with E-state index in [4.69, 9.17) is 5.73 Å². The molecule has 1 rings (SSSR count). The number of hydrogen-bond acceptors (Lipinski definition) is 2. The second-order valence-electron chi connectivity index (χ2n) is 4.84. The monoisotopic (exact) mass is 297 g/mol. The molecule has 0 radical (unpaired) electrons. The maximum atomic E-state index is 12.4. The summed E-state index contributed by atoms with van der Waals surface area (Å²) in [4.78, 5) is 0. The zero-order valence-corrected chi connectivity index (χ0v) is 11.6. The minimum atomic E-state index is -4.35. The molecule has 0 aliphatic rings. The second kappa shape index (κ2) is 7.12. The van der Waals surface area contributed by atoms with Gasteiger partial charge in [0.1, 0.15) is 0 Å². The SMILES string of the molecule is CC(C)C[C@@H](O)[C@@H](N)c1ccc(C(F)(F)F)cc1.Cl. The molecule has 0 aromatic heterocycles. The van der Waals surface area contributed by atoms with Crippen LogP contribution in [0.1, 0.15) is 37.4 Å². The van der Waals surface area contributed by atoms with Gasteiger partial charge in [-0.25, -0.2) is 0 Å². The van der Waals surface area contributed by atoms with Crippen LogP contribution in [0, 0.1) is 5.92 Å². The van der Waals surface area contributed by atoms with Crippen molar-refractivity contribution >= 4 is 12.4 Å². The van der Waals surface area contributed by atoms with Gasteiger partial charge >= 0.3 is 6.18 Å². The molecule has 0 aliphatic heterocycles. The first-order chi connectivity index (χ1) is 8.21. The van der Waals surface area contributed by atoms with Crippen LogP contribution in [-0.4, -0.2) is 11.2 Å². The van der Waals surface area contributed by atoms with Gasteiger partial charge in [-0.2, -0.15) is 13.2 Å². The lowest BCUT2D eigenvalue weighted by atomic mass is 9.95. The predicted molar refractivity (Wildman–Crippen MR) is 71.1 cm³/mol. The largest absolute Gasteiger partial charge is 0.416 e. The van der Waals surface area contributed by atoms with E-state index in [-0.39, 0.29) is 18.3 Å². The van der Waals surface area contributed by atoms with Gasteiger partial charge in [-0.15, -0.1) is 12.4 Å². The molecular formula is C13H19ClF3NO. The van der Waals surface area contributed by atoms with Crippen molar-refractivity contribution in [1.82, 2.24) is 0 Å². The van der Waals surface area contributed by atoms with Crippen LogP contribution in [0.3, 0.4) is 0 Å². The van der Waals surface area contributed by atoms with Crippen molar-refractivity contribution in [1.29, 1.82) is 0 Å². The van der Waals surface area contributed by atoms with Crippen LogP contribution in [0.4, 0.5) is 13.2 Å². The van der Waals surface area contributed by atoms with Crippen LogP contribution in [0.25, 0.3) is 0 Å². The van der Waals surface area contributed by atoms with Crippen LogP contribution in [0.2, 0.25) is 0 Å². The first-order valence-electron chi connectivity index (χ1n) is 5.82. The molecule has 19 heavy (non-hydrogen) atoms. The van der Waals surface area contributed by atoms with E-state index in [0.717, 1.165) is 12.1 Å². The summed E-state index contributed by atoms with van der Waals surface area (Å²) in [6.45, 7) is 3.89. The van der Waals surface area contributed by atoms with Gasteiger partial charge in [-0.05, 0) is 30.0 Å². The minimum absolute atomic E-state index is 0. The maximum absolute atomic E-state index is 12.4. The number of benzene rings is 1. The molecule has 0 saturated carbocycles. The van der Waals surface area contributed by atoms with Gasteiger partial charge < -0.3 is 10.8 Å². The number of nitrogens with two attached hydrogens (primary N) is 1. The predicted octanol–water partition coefficient (Wildman–Crippen LogP) is 3.53. The number of aliphatic hydroxyl groups excluding tert-OH is 1. The van der Waals surface area contributed by atoms with E-state index < -0.39 is 23.9 Å². The molecular weight excluding hydrogens is 279 g/mol. The van der Waals surface area contributed by atoms with Crippen molar-refractivity contribution in [2.24, 2.45) is 11.7 Å². The molecule has 1 aromatic carbocycles. The number of hydrogen-bond donors (Lipinski definition) is 2. The molecule has 1 aromatic rings. The molecule has 0 heterocycles. The zero-order chi connectivity index (χ0) is 13.9. The lowest BCUT2D eigenvalue weighted by Crippen LogP contribution is -2.27. The smallest absolute Gasteiger partial charge is 0.391 e. The Morgan fingerprint density at radius 3 is 2.00 bits per heavy atom. The van der Waals surface area contributed by atoms with E-state index in [1.807, 2.05) is 13.8 Å². The van der Waals surface area contributed by atoms with Crippen molar-refractivity contribution in [3.05, 3.63) is 35.4 Å². The first kappa shape index (κ1) is 18.2. The Balaban J connectivity index is 0.00000324. The number of alkyl halides is 3. The van der Waals surface area contributed by atoms with Crippen molar-refractivity contribution < 1.29 is 18.3 Å². The molecule has 2 nitrogen and oxygen atoms in total. The lowest BCUT2D eigenvalue weighted by Gasteiger charge is -2.21. The van der Waals surface area contributed by atoms with E-state index >= 15 is 0 Å². The fraction of sp³-hybridized carbons (Fsp3) is 0.538. The first-order valence-corrected chi connectivity index (χ1v) is 5.82. The maximum Gasteiger partial charge on any atom is 0.416 e. The Kier molecular flexibility index (Phi) is 6.83. The average molecular weight is 298 g/mol.